The second-order valence-corrected chi connectivity index (χ2v) is 4.57. The zero-order valence-corrected chi connectivity index (χ0v) is 11.2. The van der Waals surface area contributed by atoms with Crippen LogP contribution in [0.25, 0.3) is 0 Å². The van der Waals surface area contributed by atoms with Gasteiger partial charge in [0.25, 0.3) is 0 Å². The molecule has 8 nitrogen and oxygen atoms in total. The summed E-state index contributed by atoms with van der Waals surface area (Å²) < 4.78 is 0. The standard InChI is InChI=1S/C12H21N5O3/c13-4-2-1-3-10(12(19)20)17-11(18)9(14)5-8-6-15-7-16-8/h6-7,9-10H,1-5,13-14H2,(H,15,16)(H,17,18)(H,19,20)/t9-,10+/m1/s1. The van der Waals surface area contributed by atoms with Crippen molar-refractivity contribution in [2.45, 2.75) is 37.8 Å². The normalized spacial score (nSPS) is 13.7. The summed E-state index contributed by atoms with van der Waals surface area (Å²) in [5.74, 6) is -1.55. The molecule has 1 aromatic rings. The molecule has 1 aromatic heterocycles. The molecule has 20 heavy (non-hydrogen) atoms. The summed E-state index contributed by atoms with van der Waals surface area (Å²) in [5.41, 5.74) is 11.8. The van der Waals surface area contributed by atoms with Crippen molar-refractivity contribution in [3.63, 3.8) is 0 Å². The lowest BCUT2D eigenvalue weighted by Crippen LogP contribution is -2.49. The summed E-state index contributed by atoms with van der Waals surface area (Å²) in [6.07, 6.45) is 5.05. The molecule has 0 saturated carbocycles. The van der Waals surface area contributed by atoms with Gasteiger partial charge in [0.05, 0.1) is 12.4 Å². The van der Waals surface area contributed by atoms with Crippen molar-refractivity contribution in [3.05, 3.63) is 18.2 Å². The molecule has 112 valence electrons. The molecule has 1 amide bonds. The highest BCUT2D eigenvalue weighted by molar-refractivity contribution is 5.86. The predicted octanol–water partition coefficient (Wildman–Crippen LogP) is -1.02. The van der Waals surface area contributed by atoms with Gasteiger partial charge in [-0.25, -0.2) is 9.78 Å². The number of carbonyl (C=O) groups excluding carboxylic acids is 1. The van der Waals surface area contributed by atoms with Crippen LogP contribution in [-0.2, 0) is 16.0 Å². The van der Waals surface area contributed by atoms with Crippen molar-refractivity contribution in [3.8, 4) is 0 Å². The summed E-state index contributed by atoms with van der Waals surface area (Å²) in [4.78, 5) is 29.6. The van der Waals surface area contributed by atoms with Crippen LogP contribution in [0.5, 0.6) is 0 Å². The topological polar surface area (TPSA) is 147 Å². The van der Waals surface area contributed by atoms with Crippen molar-refractivity contribution >= 4 is 11.9 Å². The quantitative estimate of drug-likeness (QED) is 0.366. The molecule has 0 aliphatic carbocycles. The first-order chi connectivity index (χ1) is 9.54. The molecular weight excluding hydrogens is 262 g/mol. The number of hydrogen-bond acceptors (Lipinski definition) is 5. The van der Waals surface area contributed by atoms with Gasteiger partial charge in [0.2, 0.25) is 5.91 Å². The largest absolute Gasteiger partial charge is 0.480 e. The number of nitrogens with two attached hydrogens (primary N) is 2. The third kappa shape index (κ3) is 5.37. The van der Waals surface area contributed by atoms with E-state index in [2.05, 4.69) is 15.3 Å². The number of amides is 1. The van der Waals surface area contributed by atoms with Crippen LogP contribution in [0, 0.1) is 0 Å². The molecule has 0 radical (unpaired) electrons. The Kier molecular flexibility index (Phi) is 6.68. The van der Waals surface area contributed by atoms with Crippen LogP contribution in [0.2, 0.25) is 0 Å². The summed E-state index contributed by atoms with van der Waals surface area (Å²) in [6.45, 7) is 0.500. The molecule has 0 aliphatic rings. The van der Waals surface area contributed by atoms with Crippen molar-refractivity contribution in [2.75, 3.05) is 6.54 Å². The van der Waals surface area contributed by atoms with E-state index in [0.29, 0.717) is 19.4 Å². The van der Waals surface area contributed by atoms with E-state index in [4.69, 9.17) is 16.6 Å². The molecule has 2 atom stereocenters. The van der Waals surface area contributed by atoms with Gasteiger partial charge in [-0.1, -0.05) is 0 Å². The zero-order valence-electron chi connectivity index (χ0n) is 11.2. The first-order valence-corrected chi connectivity index (χ1v) is 6.50. The molecule has 0 spiro atoms. The van der Waals surface area contributed by atoms with Crippen molar-refractivity contribution in [1.82, 2.24) is 15.3 Å². The molecule has 0 aliphatic heterocycles. The number of aromatic amines is 1. The van der Waals surface area contributed by atoms with Gasteiger partial charge >= 0.3 is 5.97 Å². The van der Waals surface area contributed by atoms with E-state index in [1.54, 1.807) is 6.20 Å². The van der Waals surface area contributed by atoms with Crippen LogP contribution < -0.4 is 16.8 Å². The van der Waals surface area contributed by atoms with Crippen LogP contribution in [-0.4, -0.2) is 45.6 Å². The Labute approximate surface area is 116 Å². The lowest BCUT2D eigenvalue weighted by molar-refractivity contribution is -0.142. The van der Waals surface area contributed by atoms with Gasteiger partial charge in [-0.2, -0.15) is 0 Å². The Hall–Kier alpha value is -1.93. The van der Waals surface area contributed by atoms with E-state index in [0.717, 1.165) is 12.1 Å². The highest BCUT2D eigenvalue weighted by atomic mass is 16.4. The first kappa shape index (κ1) is 16.1. The summed E-state index contributed by atoms with van der Waals surface area (Å²) in [7, 11) is 0. The monoisotopic (exact) mass is 283 g/mol. The van der Waals surface area contributed by atoms with Crippen molar-refractivity contribution in [1.29, 1.82) is 0 Å². The number of hydrogen-bond donors (Lipinski definition) is 5. The van der Waals surface area contributed by atoms with Gasteiger partial charge in [0.15, 0.2) is 0 Å². The third-order valence-corrected chi connectivity index (χ3v) is 2.89. The Balaban J connectivity index is 2.45. The first-order valence-electron chi connectivity index (χ1n) is 6.50. The lowest BCUT2D eigenvalue weighted by atomic mass is 10.1. The predicted molar refractivity (Wildman–Crippen MR) is 72.7 cm³/mol. The maximum Gasteiger partial charge on any atom is 0.326 e. The third-order valence-electron chi connectivity index (χ3n) is 2.89. The van der Waals surface area contributed by atoms with Gasteiger partial charge in [-0.05, 0) is 25.8 Å². The van der Waals surface area contributed by atoms with Gasteiger partial charge in [0.1, 0.15) is 6.04 Å². The minimum Gasteiger partial charge on any atom is -0.480 e. The number of unbranched alkanes of at least 4 members (excludes halogenated alkanes) is 1. The number of carbonyl (C=O) groups is 2. The average molecular weight is 283 g/mol. The number of carboxylic acids is 1. The van der Waals surface area contributed by atoms with E-state index >= 15 is 0 Å². The lowest BCUT2D eigenvalue weighted by Gasteiger charge is -2.17. The number of nitrogens with one attached hydrogen (secondary N) is 2. The Morgan fingerprint density at radius 2 is 2.20 bits per heavy atom. The number of aromatic nitrogens is 2. The molecule has 8 heteroatoms. The average Bonchev–Trinajstić information content (AvgIpc) is 2.90. The molecule has 0 saturated heterocycles. The van der Waals surface area contributed by atoms with Crippen LogP contribution in [0.3, 0.4) is 0 Å². The minimum absolute atomic E-state index is 0.279. The van der Waals surface area contributed by atoms with E-state index < -0.39 is 24.0 Å². The van der Waals surface area contributed by atoms with Gasteiger partial charge in [-0.3, -0.25) is 4.79 Å². The fourth-order valence-electron chi connectivity index (χ4n) is 1.75. The van der Waals surface area contributed by atoms with E-state index in [1.165, 1.54) is 6.33 Å². The molecule has 1 heterocycles. The minimum atomic E-state index is -1.07. The Bertz CT molecular complexity index is 421. The van der Waals surface area contributed by atoms with Crippen LogP contribution in [0.1, 0.15) is 25.0 Å². The number of aliphatic carboxylic acids is 1. The van der Waals surface area contributed by atoms with Crippen LogP contribution >= 0.6 is 0 Å². The van der Waals surface area contributed by atoms with Crippen LogP contribution in [0.4, 0.5) is 0 Å². The second kappa shape index (κ2) is 8.28. The number of rotatable bonds is 9. The highest BCUT2D eigenvalue weighted by Gasteiger charge is 2.23. The van der Waals surface area contributed by atoms with E-state index in [9.17, 15) is 9.59 Å². The fourth-order valence-corrected chi connectivity index (χ4v) is 1.75. The van der Waals surface area contributed by atoms with Crippen molar-refractivity contribution in [2.24, 2.45) is 11.5 Å². The zero-order chi connectivity index (χ0) is 15.0. The summed E-state index contributed by atoms with van der Waals surface area (Å²) in [6, 6.07) is -1.74. The maximum atomic E-state index is 11.9. The van der Waals surface area contributed by atoms with Gasteiger partial charge in [0, 0.05) is 18.3 Å². The SMILES string of the molecule is NCCCC[C@H](NC(=O)[C@H](N)Cc1cnc[nH]1)C(=O)O. The molecule has 1 rings (SSSR count). The second-order valence-electron chi connectivity index (χ2n) is 4.57. The molecule has 0 fully saturated rings. The van der Waals surface area contributed by atoms with Crippen molar-refractivity contribution < 1.29 is 14.7 Å². The molecule has 0 bridgehead atoms. The Morgan fingerprint density at radius 1 is 1.45 bits per heavy atom. The highest BCUT2D eigenvalue weighted by Crippen LogP contribution is 2.02. The summed E-state index contributed by atoms with van der Waals surface area (Å²) in [5, 5.41) is 11.5. The van der Waals surface area contributed by atoms with Crippen LogP contribution in [0.15, 0.2) is 12.5 Å². The molecule has 0 unspecified atom stereocenters. The molecule has 0 aromatic carbocycles. The van der Waals surface area contributed by atoms with E-state index in [1.807, 2.05) is 0 Å². The maximum absolute atomic E-state index is 11.9. The van der Waals surface area contributed by atoms with Gasteiger partial charge in [-0.15, -0.1) is 0 Å². The summed E-state index contributed by atoms with van der Waals surface area (Å²) >= 11 is 0. The number of nitrogens with zero attached hydrogens (tertiary/aromatic N) is 1. The number of carboxylic acid groups (broad SMARTS) is 1. The van der Waals surface area contributed by atoms with Gasteiger partial charge < -0.3 is 26.9 Å². The smallest absolute Gasteiger partial charge is 0.326 e. The Morgan fingerprint density at radius 3 is 2.75 bits per heavy atom. The number of H-pyrrole nitrogens is 1. The molecular formula is C12H21N5O3. The molecule has 7 N–H and O–H groups in total. The number of imidazole rings is 1. The fraction of sp³-hybridized carbons (Fsp3) is 0.583. The van der Waals surface area contributed by atoms with E-state index in [-0.39, 0.29) is 6.42 Å².